The van der Waals surface area contributed by atoms with Gasteiger partial charge in [-0.15, -0.1) is 0 Å². The second kappa shape index (κ2) is 6.39. The monoisotopic (exact) mass is 297 g/mol. The topological polar surface area (TPSA) is 59.3 Å². The summed E-state index contributed by atoms with van der Waals surface area (Å²) in [5.74, 6) is -0.244. The third-order valence-corrected chi connectivity index (χ3v) is 3.75. The molecule has 5 heteroatoms. The van der Waals surface area contributed by atoms with Gasteiger partial charge in [0.05, 0.1) is 19.3 Å². The predicted molar refractivity (Wildman–Crippen MR) is 87.6 cm³/mol. The van der Waals surface area contributed by atoms with Crippen molar-refractivity contribution in [1.82, 2.24) is 5.01 Å². The number of hydrogen-bond acceptors (Lipinski definition) is 5. The molecule has 22 heavy (non-hydrogen) atoms. The Morgan fingerprint density at radius 3 is 2.27 bits per heavy atom. The van der Waals surface area contributed by atoms with Crippen LogP contribution >= 0.6 is 0 Å². The summed E-state index contributed by atoms with van der Waals surface area (Å²) in [6.45, 7) is 3.58. The quantitative estimate of drug-likeness (QED) is 0.674. The standard InChI is InChI=1S/C17H19N3O2/c21-16-7-6-14(12-17(16)22)13-18-20-10-8-19(9-11-20)15-4-2-1-3-5-15/h1-7,12-13,21-22H,8-11H2/b18-13+. The van der Waals surface area contributed by atoms with Gasteiger partial charge in [0, 0.05) is 18.8 Å². The third kappa shape index (κ3) is 3.31. The lowest BCUT2D eigenvalue weighted by Crippen LogP contribution is -2.44. The Morgan fingerprint density at radius 2 is 1.59 bits per heavy atom. The first-order chi connectivity index (χ1) is 10.7. The number of piperazine rings is 1. The van der Waals surface area contributed by atoms with Crippen LogP contribution in [0, 0.1) is 0 Å². The highest BCUT2D eigenvalue weighted by Gasteiger charge is 2.15. The minimum Gasteiger partial charge on any atom is -0.504 e. The van der Waals surface area contributed by atoms with Gasteiger partial charge in [-0.1, -0.05) is 18.2 Å². The van der Waals surface area contributed by atoms with Crippen molar-refractivity contribution in [2.45, 2.75) is 0 Å². The van der Waals surface area contributed by atoms with Crippen molar-refractivity contribution in [3.8, 4) is 11.5 Å². The smallest absolute Gasteiger partial charge is 0.158 e. The van der Waals surface area contributed by atoms with Crippen LogP contribution in [0.3, 0.4) is 0 Å². The Balaban J connectivity index is 1.57. The van der Waals surface area contributed by atoms with Gasteiger partial charge < -0.3 is 15.1 Å². The third-order valence-electron chi connectivity index (χ3n) is 3.75. The molecule has 0 saturated carbocycles. The van der Waals surface area contributed by atoms with E-state index in [2.05, 4.69) is 34.3 Å². The lowest BCUT2D eigenvalue weighted by molar-refractivity contribution is 0.272. The molecule has 3 rings (SSSR count). The second-order valence-corrected chi connectivity index (χ2v) is 5.27. The molecule has 114 valence electrons. The molecule has 0 atom stereocenters. The number of para-hydroxylation sites is 1. The van der Waals surface area contributed by atoms with Crippen molar-refractivity contribution in [2.24, 2.45) is 5.10 Å². The molecule has 2 N–H and O–H groups in total. The van der Waals surface area contributed by atoms with E-state index in [0.29, 0.717) is 0 Å². The largest absolute Gasteiger partial charge is 0.504 e. The fraction of sp³-hybridized carbons (Fsp3) is 0.235. The van der Waals surface area contributed by atoms with E-state index < -0.39 is 0 Å². The molecule has 0 unspecified atom stereocenters. The molecule has 0 radical (unpaired) electrons. The van der Waals surface area contributed by atoms with Crippen LogP contribution in [0.2, 0.25) is 0 Å². The van der Waals surface area contributed by atoms with Crippen LogP contribution in [0.5, 0.6) is 11.5 Å². The Kier molecular flexibility index (Phi) is 4.14. The number of phenolic OH excluding ortho intramolecular Hbond substituents is 2. The Bertz CT molecular complexity index is 650. The molecule has 2 aromatic rings. The molecule has 1 saturated heterocycles. The molecular formula is C17H19N3O2. The normalized spacial score (nSPS) is 15.5. The minimum atomic E-state index is -0.127. The highest BCUT2D eigenvalue weighted by atomic mass is 16.3. The molecule has 2 aromatic carbocycles. The molecule has 0 aromatic heterocycles. The van der Waals surface area contributed by atoms with Crippen molar-refractivity contribution in [2.75, 3.05) is 31.1 Å². The summed E-state index contributed by atoms with van der Waals surface area (Å²) >= 11 is 0. The number of nitrogens with zero attached hydrogens (tertiary/aromatic N) is 3. The summed E-state index contributed by atoms with van der Waals surface area (Å²) in [7, 11) is 0. The Morgan fingerprint density at radius 1 is 0.864 bits per heavy atom. The minimum absolute atomic E-state index is 0.117. The SMILES string of the molecule is Oc1ccc(/C=N/N2CCN(c3ccccc3)CC2)cc1O. The van der Waals surface area contributed by atoms with E-state index in [1.807, 2.05) is 11.1 Å². The van der Waals surface area contributed by atoms with Gasteiger partial charge in [0.1, 0.15) is 0 Å². The fourth-order valence-corrected chi connectivity index (χ4v) is 2.48. The molecule has 1 aliphatic rings. The molecule has 0 aliphatic carbocycles. The number of hydrazone groups is 1. The van der Waals surface area contributed by atoms with Gasteiger partial charge in [0.25, 0.3) is 0 Å². The molecule has 5 nitrogen and oxygen atoms in total. The lowest BCUT2D eigenvalue weighted by Gasteiger charge is -2.34. The second-order valence-electron chi connectivity index (χ2n) is 5.27. The summed E-state index contributed by atoms with van der Waals surface area (Å²) in [5, 5.41) is 25.2. The van der Waals surface area contributed by atoms with E-state index in [4.69, 9.17) is 0 Å². The highest BCUT2D eigenvalue weighted by molar-refractivity contribution is 5.80. The molecule has 0 bridgehead atoms. The van der Waals surface area contributed by atoms with E-state index in [9.17, 15) is 10.2 Å². The van der Waals surface area contributed by atoms with Crippen LogP contribution in [-0.4, -0.2) is 47.6 Å². The summed E-state index contributed by atoms with van der Waals surface area (Å²) < 4.78 is 0. The van der Waals surface area contributed by atoms with Gasteiger partial charge in [-0.2, -0.15) is 5.10 Å². The van der Waals surface area contributed by atoms with Crippen molar-refractivity contribution < 1.29 is 10.2 Å². The number of rotatable bonds is 3. The average molecular weight is 297 g/mol. The summed E-state index contributed by atoms with van der Waals surface area (Å²) in [6.07, 6.45) is 1.71. The summed E-state index contributed by atoms with van der Waals surface area (Å²) in [5.41, 5.74) is 2.01. The zero-order valence-corrected chi connectivity index (χ0v) is 12.3. The zero-order valence-electron chi connectivity index (χ0n) is 12.3. The van der Waals surface area contributed by atoms with E-state index in [1.54, 1.807) is 12.3 Å². The molecule has 1 fully saturated rings. The zero-order chi connectivity index (χ0) is 15.4. The number of aromatic hydroxyl groups is 2. The van der Waals surface area contributed by atoms with E-state index in [0.717, 1.165) is 31.7 Å². The van der Waals surface area contributed by atoms with Gasteiger partial charge in [-0.3, -0.25) is 5.01 Å². The lowest BCUT2D eigenvalue weighted by atomic mass is 10.2. The van der Waals surface area contributed by atoms with Gasteiger partial charge in [0.2, 0.25) is 0 Å². The van der Waals surface area contributed by atoms with Crippen LogP contribution in [0.25, 0.3) is 0 Å². The van der Waals surface area contributed by atoms with Crippen LogP contribution in [0.1, 0.15) is 5.56 Å². The van der Waals surface area contributed by atoms with Crippen LogP contribution < -0.4 is 4.90 Å². The van der Waals surface area contributed by atoms with Gasteiger partial charge in [-0.05, 0) is 35.9 Å². The predicted octanol–water partition coefficient (Wildman–Crippen LogP) is 2.25. The Labute approximate surface area is 129 Å². The van der Waals surface area contributed by atoms with Gasteiger partial charge in [0.15, 0.2) is 11.5 Å². The number of anilines is 1. The van der Waals surface area contributed by atoms with Gasteiger partial charge >= 0.3 is 0 Å². The number of phenols is 2. The first-order valence-electron chi connectivity index (χ1n) is 7.33. The maximum absolute atomic E-state index is 9.47. The number of hydrogen-bond donors (Lipinski definition) is 2. The molecule has 0 spiro atoms. The van der Waals surface area contributed by atoms with Crippen molar-refractivity contribution in [3.05, 3.63) is 54.1 Å². The molecular weight excluding hydrogens is 278 g/mol. The fourth-order valence-electron chi connectivity index (χ4n) is 2.48. The maximum Gasteiger partial charge on any atom is 0.158 e. The summed E-state index contributed by atoms with van der Waals surface area (Å²) in [4.78, 5) is 2.35. The first-order valence-corrected chi connectivity index (χ1v) is 7.33. The van der Waals surface area contributed by atoms with E-state index >= 15 is 0 Å². The van der Waals surface area contributed by atoms with Gasteiger partial charge in [-0.25, -0.2) is 0 Å². The molecule has 1 heterocycles. The highest BCUT2D eigenvalue weighted by Crippen LogP contribution is 2.24. The first kappa shape index (κ1) is 14.3. The maximum atomic E-state index is 9.47. The van der Waals surface area contributed by atoms with E-state index in [1.165, 1.54) is 17.8 Å². The van der Waals surface area contributed by atoms with Crippen molar-refractivity contribution >= 4 is 11.9 Å². The van der Waals surface area contributed by atoms with E-state index in [-0.39, 0.29) is 11.5 Å². The van der Waals surface area contributed by atoms with Crippen molar-refractivity contribution in [3.63, 3.8) is 0 Å². The molecule has 1 aliphatic heterocycles. The molecule has 0 amide bonds. The van der Waals surface area contributed by atoms with Crippen LogP contribution in [0.15, 0.2) is 53.6 Å². The summed E-state index contributed by atoms with van der Waals surface area (Å²) in [6, 6.07) is 15.1. The van der Waals surface area contributed by atoms with Crippen LogP contribution in [-0.2, 0) is 0 Å². The average Bonchev–Trinajstić information content (AvgIpc) is 2.57. The Hall–Kier alpha value is -2.69. The van der Waals surface area contributed by atoms with Crippen LogP contribution in [0.4, 0.5) is 5.69 Å². The van der Waals surface area contributed by atoms with Crippen molar-refractivity contribution in [1.29, 1.82) is 0 Å². The number of benzene rings is 2.